The van der Waals surface area contributed by atoms with Gasteiger partial charge in [-0.3, -0.25) is 0 Å². The van der Waals surface area contributed by atoms with Gasteiger partial charge in [-0.05, 0) is 35.7 Å². The van der Waals surface area contributed by atoms with E-state index >= 15 is 0 Å². The largest absolute Gasteiger partial charge is 0.395 e. The Morgan fingerprint density at radius 2 is 1.90 bits per heavy atom. The summed E-state index contributed by atoms with van der Waals surface area (Å²) in [6.07, 6.45) is 0.795. The van der Waals surface area contributed by atoms with E-state index in [1.54, 1.807) is 0 Å². The van der Waals surface area contributed by atoms with E-state index in [0.717, 1.165) is 21.5 Å². The molecule has 0 amide bonds. The predicted molar refractivity (Wildman–Crippen MR) is 87.0 cm³/mol. The van der Waals surface area contributed by atoms with Crippen LogP contribution in [-0.4, -0.2) is 17.8 Å². The van der Waals surface area contributed by atoms with Gasteiger partial charge in [0.2, 0.25) is 0 Å². The van der Waals surface area contributed by atoms with Crippen LogP contribution in [-0.2, 0) is 13.0 Å². The summed E-state index contributed by atoms with van der Waals surface area (Å²) < 4.78 is 1.00. The predicted octanol–water partition coefficient (Wildman–Crippen LogP) is 3.80. The molecule has 0 aliphatic heterocycles. The van der Waals surface area contributed by atoms with E-state index in [2.05, 4.69) is 33.4 Å². The third-order valence-corrected chi connectivity index (χ3v) is 4.00. The highest BCUT2D eigenvalue weighted by molar-refractivity contribution is 9.10. The fraction of sp³-hybridized carbons (Fsp3) is 0.250. The summed E-state index contributed by atoms with van der Waals surface area (Å²) in [4.78, 5) is 0. The minimum absolute atomic E-state index is 0.0208. The standard InChI is InChI=1S/C16H17BrClNO/c17-14-6-7-16(18)13(9-14)10-19-15(11-20)8-12-4-2-1-3-5-12/h1-7,9,15,19-20H,8,10-11H2/t15-/m0/s1. The number of aliphatic hydroxyl groups excluding tert-OH is 1. The van der Waals surface area contributed by atoms with Crippen molar-refractivity contribution < 1.29 is 5.11 Å². The normalized spacial score (nSPS) is 12.3. The van der Waals surface area contributed by atoms with Gasteiger partial charge in [-0.2, -0.15) is 0 Å². The Bertz CT molecular complexity index is 547. The Labute approximate surface area is 132 Å². The first kappa shape index (κ1) is 15.5. The number of halogens is 2. The number of hydrogen-bond acceptors (Lipinski definition) is 2. The fourth-order valence-electron chi connectivity index (χ4n) is 2.03. The Morgan fingerprint density at radius 1 is 1.15 bits per heavy atom. The van der Waals surface area contributed by atoms with Crippen molar-refractivity contribution in [3.63, 3.8) is 0 Å². The van der Waals surface area contributed by atoms with Crippen LogP contribution >= 0.6 is 27.5 Å². The van der Waals surface area contributed by atoms with Gasteiger partial charge in [0.05, 0.1) is 6.61 Å². The average Bonchev–Trinajstić information content (AvgIpc) is 2.47. The molecule has 2 aromatic rings. The van der Waals surface area contributed by atoms with Crippen LogP contribution in [0.15, 0.2) is 53.0 Å². The zero-order chi connectivity index (χ0) is 14.4. The Kier molecular flexibility index (Phi) is 6.05. The first-order valence-electron chi connectivity index (χ1n) is 6.51. The molecule has 2 rings (SSSR count). The maximum absolute atomic E-state index is 9.48. The number of benzene rings is 2. The third-order valence-electron chi connectivity index (χ3n) is 3.13. The molecule has 0 heterocycles. The quantitative estimate of drug-likeness (QED) is 0.827. The number of hydrogen-bond donors (Lipinski definition) is 2. The summed E-state index contributed by atoms with van der Waals surface area (Å²) in [5.74, 6) is 0. The van der Waals surface area contributed by atoms with E-state index in [4.69, 9.17) is 11.6 Å². The average molecular weight is 355 g/mol. The lowest BCUT2D eigenvalue weighted by atomic mass is 10.1. The lowest BCUT2D eigenvalue weighted by Gasteiger charge is -2.17. The zero-order valence-corrected chi connectivity index (χ0v) is 13.4. The van der Waals surface area contributed by atoms with E-state index in [0.29, 0.717) is 6.54 Å². The molecular formula is C16H17BrClNO. The second-order valence-electron chi connectivity index (χ2n) is 4.69. The van der Waals surface area contributed by atoms with Crippen molar-refractivity contribution in [2.24, 2.45) is 0 Å². The smallest absolute Gasteiger partial charge is 0.0587 e. The van der Waals surface area contributed by atoms with Crippen LogP contribution in [0.5, 0.6) is 0 Å². The SMILES string of the molecule is OC[C@H](Cc1ccccc1)NCc1cc(Br)ccc1Cl. The molecule has 0 spiro atoms. The molecule has 106 valence electrons. The van der Waals surface area contributed by atoms with Crippen LogP contribution in [0, 0.1) is 0 Å². The second kappa shape index (κ2) is 7.79. The molecule has 20 heavy (non-hydrogen) atoms. The lowest BCUT2D eigenvalue weighted by Crippen LogP contribution is -2.34. The highest BCUT2D eigenvalue weighted by atomic mass is 79.9. The first-order chi connectivity index (χ1) is 9.69. The van der Waals surface area contributed by atoms with Crippen molar-refractivity contribution in [3.05, 3.63) is 69.2 Å². The number of aliphatic hydroxyl groups is 1. The maximum Gasteiger partial charge on any atom is 0.0587 e. The summed E-state index contributed by atoms with van der Waals surface area (Å²) in [5.41, 5.74) is 2.23. The highest BCUT2D eigenvalue weighted by Gasteiger charge is 2.09. The molecule has 0 fully saturated rings. The molecule has 0 saturated carbocycles. The molecule has 0 aliphatic carbocycles. The van der Waals surface area contributed by atoms with Crippen LogP contribution < -0.4 is 5.32 Å². The van der Waals surface area contributed by atoms with Crippen molar-refractivity contribution in [1.82, 2.24) is 5.32 Å². The van der Waals surface area contributed by atoms with E-state index in [1.165, 1.54) is 5.56 Å². The van der Waals surface area contributed by atoms with Gasteiger partial charge in [0.1, 0.15) is 0 Å². The molecule has 2 aromatic carbocycles. The van der Waals surface area contributed by atoms with Crippen LogP contribution in [0.25, 0.3) is 0 Å². The molecule has 4 heteroatoms. The lowest BCUT2D eigenvalue weighted by molar-refractivity contribution is 0.241. The van der Waals surface area contributed by atoms with Gasteiger partial charge in [0.25, 0.3) is 0 Å². The minimum Gasteiger partial charge on any atom is -0.395 e. The third kappa shape index (κ3) is 4.60. The molecule has 2 N–H and O–H groups in total. The van der Waals surface area contributed by atoms with Crippen molar-refractivity contribution in [2.75, 3.05) is 6.61 Å². The van der Waals surface area contributed by atoms with Gasteiger partial charge in [-0.1, -0.05) is 57.9 Å². The van der Waals surface area contributed by atoms with E-state index in [9.17, 15) is 5.11 Å². The Balaban J connectivity index is 1.95. The summed E-state index contributed by atoms with van der Waals surface area (Å²) in [5, 5.41) is 13.6. The van der Waals surface area contributed by atoms with Gasteiger partial charge in [0.15, 0.2) is 0 Å². The Hall–Kier alpha value is -0.870. The molecule has 0 bridgehead atoms. The van der Waals surface area contributed by atoms with Crippen LogP contribution in [0.3, 0.4) is 0 Å². The van der Waals surface area contributed by atoms with Crippen molar-refractivity contribution in [3.8, 4) is 0 Å². The number of nitrogens with one attached hydrogen (secondary N) is 1. The fourth-order valence-corrected chi connectivity index (χ4v) is 2.63. The van der Waals surface area contributed by atoms with E-state index < -0.39 is 0 Å². The van der Waals surface area contributed by atoms with Gasteiger partial charge in [-0.15, -0.1) is 0 Å². The van der Waals surface area contributed by atoms with E-state index in [1.807, 2.05) is 36.4 Å². The second-order valence-corrected chi connectivity index (χ2v) is 6.01. The van der Waals surface area contributed by atoms with Gasteiger partial charge in [0, 0.05) is 22.1 Å². The van der Waals surface area contributed by atoms with Crippen molar-refractivity contribution in [1.29, 1.82) is 0 Å². The summed E-state index contributed by atoms with van der Waals surface area (Å²) in [7, 11) is 0. The van der Waals surface area contributed by atoms with Gasteiger partial charge < -0.3 is 10.4 Å². The zero-order valence-electron chi connectivity index (χ0n) is 11.0. The molecule has 1 atom stereocenters. The molecular weight excluding hydrogens is 338 g/mol. The van der Waals surface area contributed by atoms with Crippen LogP contribution in [0.1, 0.15) is 11.1 Å². The molecule has 0 aromatic heterocycles. The van der Waals surface area contributed by atoms with Gasteiger partial charge in [-0.25, -0.2) is 0 Å². The highest BCUT2D eigenvalue weighted by Crippen LogP contribution is 2.21. The molecule has 0 saturated heterocycles. The van der Waals surface area contributed by atoms with Gasteiger partial charge >= 0.3 is 0 Å². The summed E-state index contributed by atoms with van der Waals surface area (Å²) >= 11 is 9.60. The van der Waals surface area contributed by atoms with Crippen LogP contribution in [0.2, 0.25) is 5.02 Å². The minimum atomic E-state index is 0.0208. The molecule has 0 unspecified atom stereocenters. The summed E-state index contributed by atoms with van der Waals surface area (Å²) in [6, 6.07) is 15.9. The van der Waals surface area contributed by atoms with Crippen molar-refractivity contribution >= 4 is 27.5 Å². The molecule has 0 aliphatic rings. The summed E-state index contributed by atoms with van der Waals surface area (Å²) in [6.45, 7) is 0.733. The maximum atomic E-state index is 9.48. The first-order valence-corrected chi connectivity index (χ1v) is 7.68. The monoisotopic (exact) mass is 353 g/mol. The molecule has 0 radical (unpaired) electrons. The number of rotatable bonds is 6. The van der Waals surface area contributed by atoms with Crippen LogP contribution in [0.4, 0.5) is 0 Å². The van der Waals surface area contributed by atoms with Crippen molar-refractivity contribution in [2.45, 2.75) is 19.0 Å². The Morgan fingerprint density at radius 3 is 2.60 bits per heavy atom. The van der Waals surface area contributed by atoms with E-state index in [-0.39, 0.29) is 12.6 Å². The topological polar surface area (TPSA) is 32.3 Å². The molecule has 2 nitrogen and oxygen atoms in total.